The summed E-state index contributed by atoms with van der Waals surface area (Å²) in [7, 11) is 0. The van der Waals surface area contributed by atoms with Gasteiger partial charge in [-0.2, -0.15) is 0 Å². The van der Waals surface area contributed by atoms with E-state index in [1.165, 1.54) is 6.07 Å². The number of nitro benzene ring substituents is 1. The summed E-state index contributed by atoms with van der Waals surface area (Å²) in [6.07, 6.45) is 0. The van der Waals surface area contributed by atoms with Crippen molar-refractivity contribution in [3.05, 3.63) is 39.7 Å². The lowest BCUT2D eigenvalue weighted by Crippen LogP contribution is -2.50. The van der Waals surface area contributed by atoms with Crippen LogP contribution in [0.15, 0.2) is 18.2 Å². The minimum atomic E-state index is -0.971. The molecule has 0 aliphatic carbocycles. The molecule has 0 fully saturated rings. The van der Waals surface area contributed by atoms with Crippen LogP contribution in [0.1, 0.15) is 19.4 Å². The van der Waals surface area contributed by atoms with Gasteiger partial charge in [-0.3, -0.25) is 20.2 Å². The molecule has 1 amide bonds. The lowest BCUT2D eigenvalue weighted by atomic mass is 10.0. The van der Waals surface area contributed by atoms with Crippen LogP contribution in [0.4, 0.5) is 10.1 Å². The van der Waals surface area contributed by atoms with Crippen LogP contribution in [0, 0.1) is 15.9 Å². The van der Waals surface area contributed by atoms with Crippen LogP contribution in [0.3, 0.4) is 0 Å². The van der Waals surface area contributed by atoms with Gasteiger partial charge in [0, 0.05) is 12.6 Å². The SMILES string of the molecule is CC(C)(NCc1cc(F)cc([N+](=O)[O-])c1)C(N)=O. The van der Waals surface area contributed by atoms with E-state index < -0.39 is 22.2 Å². The van der Waals surface area contributed by atoms with Gasteiger partial charge in [0.15, 0.2) is 0 Å². The fraction of sp³-hybridized carbons (Fsp3) is 0.364. The predicted molar refractivity (Wildman–Crippen MR) is 63.2 cm³/mol. The van der Waals surface area contributed by atoms with Crippen LogP contribution in [-0.4, -0.2) is 16.4 Å². The number of carbonyl (C=O) groups excluding carboxylic acids is 1. The second-order valence-electron chi connectivity index (χ2n) is 4.42. The van der Waals surface area contributed by atoms with Crippen molar-refractivity contribution in [1.82, 2.24) is 5.32 Å². The summed E-state index contributed by atoms with van der Waals surface area (Å²) in [6.45, 7) is 3.25. The van der Waals surface area contributed by atoms with E-state index in [4.69, 9.17) is 5.73 Å². The van der Waals surface area contributed by atoms with Crippen molar-refractivity contribution in [2.45, 2.75) is 25.9 Å². The normalized spacial score (nSPS) is 11.3. The van der Waals surface area contributed by atoms with E-state index in [1.807, 2.05) is 0 Å². The van der Waals surface area contributed by atoms with Gasteiger partial charge in [-0.15, -0.1) is 0 Å². The fourth-order valence-corrected chi connectivity index (χ4v) is 1.25. The molecule has 0 atom stereocenters. The van der Waals surface area contributed by atoms with Gasteiger partial charge in [0.1, 0.15) is 5.82 Å². The van der Waals surface area contributed by atoms with E-state index in [9.17, 15) is 19.3 Å². The third kappa shape index (κ3) is 3.49. The molecule has 0 spiro atoms. The zero-order chi connectivity index (χ0) is 13.9. The van der Waals surface area contributed by atoms with Crippen LogP contribution in [-0.2, 0) is 11.3 Å². The summed E-state index contributed by atoms with van der Waals surface area (Å²) in [5.41, 5.74) is 4.23. The van der Waals surface area contributed by atoms with Gasteiger partial charge in [-0.05, 0) is 25.5 Å². The quantitative estimate of drug-likeness (QED) is 0.607. The maximum atomic E-state index is 13.1. The lowest BCUT2D eigenvalue weighted by Gasteiger charge is -2.22. The molecule has 0 radical (unpaired) electrons. The number of nitrogens with one attached hydrogen (secondary N) is 1. The average molecular weight is 255 g/mol. The molecule has 6 nitrogen and oxygen atoms in total. The maximum Gasteiger partial charge on any atom is 0.272 e. The summed E-state index contributed by atoms with van der Waals surface area (Å²) < 4.78 is 13.1. The van der Waals surface area contributed by atoms with Gasteiger partial charge in [-0.25, -0.2) is 4.39 Å². The van der Waals surface area contributed by atoms with Crippen molar-refractivity contribution < 1.29 is 14.1 Å². The molecule has 3 N–H and O–H groups in total. The molecule has 98 valence electrons. The highest BCUT2D eigenvalue weighted by atomic mass is 19.1. The first kappa shape index (κ1) is 14.0. The van der Waals surface area contributed by atoms with Crippen LogP contribution in [0.5, 0.6) is 0 Å². The third-order valence-electron chi connectivity index (χ3n) is 2.50. The number of benzene rings is 1. The number of hydrogen-bond acceptors (Lipinski definition) is 4. The number of carbonyl (C=O) groups is 1. The Kier molecular flexibility index (Phi) is 3.97. The molecular weight excluding hydrogens is 241 g/mol. The van der Waals surface area contributed by atoms with Gasteiger partial charge in [-0.1, -0.05) is 0 Å². The molecule has 0 saturated carbocycles. The van der Waals surface area contributed by atoms with E-state index >= 15 is 0 Å². The molecule has 0 heterocycles. The van der Waals surface area contributed by atoms with Gasteiger partial charge in [0.2, 0.25) is 5.91 Å². The topological polar surface area (TPSA) is 98.3 Å². The number of nitrogens with zero attached hydrogens (tertiary/aromatic N) is 1. The molecule has 0 aromatic heterocycles. The summed E-state index contributed by atoms with van der Waals surface area (Å²) in [4.78, 5) is 20.9. The molecule has 0 bridgehead atoms. The first-order valence-electron chi connectivity index (χ1n) is 5.21. The van der Waals surface area contributed by atoms with E-state index in [0.717, 1.165) is 12.1 Å². The molecule has 0 aliphatic rings. The summed E-state index contributed by atoms with van der Waals surface area (Å²) in [5.74, 6) is -1.26. The van der Waals surface area contributed by atoms with E-state index in [2.05, 4.69) is 5.32 Å². The Bertz CT molecular complexity index is 488. The number of non-ortho nitro benzene ring substituents is 1. The molecule has 0 unspecified atom stereocenters. The standard InChI is InChI=1S/C11H14FN3O3/c1-11(2,10(13)16)14-6-7-3-8(12)5-9(4-7)15(17)18/h3-5,14H,6H2,1-2H3,(H2,13,16). The Labute approximate surface area is 103 Å². The number of primary amides is 1. The second kappa shape index (κ2) is 5.09. The van der Waals surface area contributed by atoms with E-state index in [1.54, 1.807) is 13.8 Å². The minimum Gasteiger partial charge on any atom is -0.368 e. The van der Waals surface area contributed by atoms with Gasteiger partial charge < -0.3 is 5.73 Å². The van der Waals surface area contributed by atoms with Crippen molar-refractivity contribution in [3.8, 4) is 0 Å². The number of nitrogens with two attached hydrogens (primary N) is 1. The smallest absolute Gasteiger partial charge is 0.272 e. The second-order valence-corrected chi connectivity index (χ2v) is 4.42. The highest BCUT2D eigenvalue weighted by Crippen LogP contribution is 2.16. The van der Waals surface area contributed by atoms with Crippen LogP contribution in [0.2, 0.25) is 0 Å². The van der Waals surface area contributed by atoms with Crippen molar-refractivity contribution >= 4 is 11.6 Å². The molecule has 0 aliphatic heterocycles. The highest BCUT2D eigenvalue weighted by molar-refractivity contribution is 5.83. The van der Waals surface area contributed by atoms with Crippen LogP contribution >= 0.6 is 0 Å². The molecule has 1 aromatic rings. The zero-order valence-corrected chi connectivity index (χ0v) is 10.1. The van der Waals surface area contributed by atoms with E-state index in [0.29, 0.717) is 5.56 Å². The highest BCUT2D eigenvalue weighted by Gasteiger charge is 2.24. The molecule has 0 saturated heterocycles. The molecular formula is C11H14FN3O3. The van der Waals surface area contributed by atoms with Gasteiger partial charge in [0.25, 0.3) is 5.69 Å². The first-order chi connectivity index (χ1) is 8.22. The van der Waals surface area contributed by atoms with Gasteiger partial charge >= 0.3 is 0 Å². The first-order valence-corrected chi connectivity index (χ1v) is 5.21. The summed E-state index contributed by atoms with van der Waals surface area (Å²) >= 11 is 0. The third-order valence-corrected chi connectivity index (χ3v) is 2.50. The molecule has 7 heteroatoms. The van der Waals surface area contributed by atoms with Crippen molar-refractivity contribution in [2.75, 3.05) is 0 Å². The van der Waals surface area contributed by atoms with Crippen molar-refractivity contribution in [1.29, 1.82) is 0 Å². The number of nitro groups is 1. The average Bonchev–Trinajstić information content (AvgIpc) is 2.25. The number of hydrogen-bond donors (Lipinski definition) is 2. The Morgan fingerprint density at radius 3 is 2.61 bits per heavy atom. The lowest BCUT2D eigenvalue weighted by molar-refractivity contribution is -0.385. The maximum absolute atomic E-state index is 13.1. The fourth-order valence-electron chi connectivity index (χ4n) is 1.25. The van der Waals surface area contributed by atoms with Crippen LogP contribution in [0.25, 0.3) is 0 Å². The number of rotatable bonds is 5. The summed E-state index contributed by atoms with van der Waals surface area (Å²) in [5, 5.41) is 13.4. The van der Waals surface area contributed by atoms with Crippen molar-refractivity contribution in [2.24, 2.45) is 5.73 Å². The monoisotopic (exact) mass is 255 g/mol. The molecule has 1 aromatic carbocycles. The Morgan fingerprint density at radius 1 is 1.50 bits per heavy atom. The largest absolute Gasteiger partial charge is 0.368 e. The Balaban J connectivity index is 2.86. The van der Waals surface area contributed by atoms with Crippen molar-refractivity contribution in [3.63, 3.8) is 0 Å². The zero-order valence-electron chi connectivity index (χ0n) is 10.1. The summed E-state index contributed by atoms with van der Waals surface area (Å²) in [6, 6.07) is 3.24. The molecule has 1 rings (SSSR count). The number of halogens is 1. The van der Waals surface area contributed by atoms with E-state index in [-0.39, 0.29) is 12.2 Å². The Morgan fingerprint density at radius 2 is 2.11 bits per heavy atom. The predicted octanol–water partition coefficient (Wildman–Crippen LogP) is 1.09. The van der Waals surface area contributed by atoms with Gasteiger partial charge in [0.05, 0.1) is 16.5 Å². The Hall–Kier alpha value is -2.02. The number of amides is 1. The molecule has 18 heavy (non-hydrogen) atoms. The minimum absolute atomic E-state index is 0.106. The van der Waals surface area contributed by atoms with Crippen LogP contribution < -0.4 is 11.1 Å².